The molecule has 0 spiro atoms. The maximum atomic E-state index is 14.1. The van der Waals surface area contributed by atoms with E-state index in [0.717, 1.165) is 27.4 Å². The third-order valence-corrected chi connectivity index (χ3v) is 8.20. The molecule has 2 aromatic heterocycles. The zero-order chi connectivity index (χ0) is 28.4. The normalized spacial score (nSPS) is 15.1. The van der Waals surface area contributed by atoms with Crippen LogP contribution in [-0.4, -0.2) is 28.8 Å². The van der Waals surface area contributed by atoms with Gasteiger partial charge in [0.1, 0.15) is 18.3 Å². The van der Waals surface area contributed by atoms with Gasteiger partial charge >= 0.3 is 5.97 Å². The van der Waals surface area contributed by atoms with E-state index in [0.29, 0.717) is 38.3 Å². The number of carbonyl (C=O) groups is 1. The topological polar surface area (TPSA) is 98.6 Å². The van der Waals surface area contributed by atoms with Crippen LogP contribution in [0.5, 0.6) is 5.75 Å². The fourth-order valence-corrected chi connectivity index (χ4v) is 6.46. The number of hydrogen-bond donors (Lipinski definition) is 0. The predicted octanol–water partition coefficient (Wildman–Crippen LogP) is 4.83. The summed E-state index contributed by atoms with van der Waals surface area (Å²) in [6.07, 6.45) is 5.03. The van der Waals surface area contributed by atoms with Crippen molar-refractivity contribution in [2.45, 2.75) is 39.3 Å². The van der Waals surface area contributed by atoms with Crippen molar-refractivity contribution >= 4 is 50.2 Å². The first-order valence-electron chi connectivity index (χ1n) is 12.9. The van der Waals surface area contributed by atoms with Crippen molar-refractivity contribution in [3.05, 3.63) is 95.2 Å². The average Bonchev–Trinajstić information content (AvgIpc) is 3.45. The van der Waals surface area contributed by atoms with Gasteiger partial charge < -0.3 is 14.0 Å². The molecule has 0 saturated carbocycles. The Morgan fingerprint density at radius 1 is 1.25 bits per heavy atom. The molecule has 8 nitrogen and oxygen atoms in total. The smallest absolute Gasteiger partial charge is 0.338 e. The Balaban J connectivity index is 1.81. The lowest BCUT2D eigenvalue weighted by Crippen LogP contribution is -2.40. The molecule has 0 aliphatic carbocycles. The summed E-state index contributed by atoms with van der Waals surface area (Å²) >= 11 is 4.82. The summed E-state index contributed by atoms with van der Waals surface area (Å²) in [6, 6.07) is 14.7. The maximum Gasteiger partial charge on any atom is 0.338 e. The van der Waals surface area contributed by atoms with E-state index in [1.807, 2.05) is 66.2 Å². The van der Waals surface area contributed by atoms with E-state index in [2.05, 4.69) is 22.0 Å². The maximum absolute atomic E-state index is 14.1. The summed E-state index contributed by atoms with van der Waals surface area (Å²) in [6.45, 7) is 4.17. The van der Waals surface area contributed by atoms with Gasteiger partial charge in [-0.25, -0.2) is 9.79 Å². The standard InChI is InChI=1S/C30H27BrN4O4S/c1-4-8-22-26(29(37)39-5-2)27(21-16-19(31)11-12-24(21)38-3)35-28(36)25(40-30(35)33-22)15-18-17-34(14-13-32)23-10-7-6-9-20(18)23/h6-7,9-12,15-17,27H,4-5,8,14H2,1-3H3/b25-15+/t27-/m1/s1. The van der Waals surface area contributed by atoms with Crippen molar-refractivity contribution in [1.29, 1.82) is 5.26 Å². The Labute approximate surface area is 243 Å². The number of ether oxygens (including phenoxy) is 2. The van der Waals surface area contributed by atoms with Crippen molar-refractivity contribution in [2.75, 3.05) is 13.7 Å². The number of thiazole rings is 1. The minimum Gasteiger partial charge on any atom is -0.496 e. The van der Waals surface area contributed by atoms with Gasteiger partial charge in [-0.3, -0.25) is 9.36 Å². The molecular weight excluding hydrogens is 592 g/mol. The second-order valence-electron chi connectivity index (χ2n) is 9.19. The number of rotatable bonds is 8. The number of fused-ring (bicyclic) bond motifs is 2. The van der Waals surface area contributed by atoms with Crippen LogP contribution < -0.4 is 19.6 Å². The molecule has 1 aliphatic rings. The van der Waals surface area contributed by atoms with Crippen LogP contribution in [-0.2, 0) is 16.1 Å². The quantitative estimate of drug-likeness (QED) is 0.263. The number of nitriles is 1. The molecule has 1 aliphatic heterocycles. The number of halogens is 1. The summed E-state index contributed by atoms with van der Waals surface area (Å²) < 4.78 is 15.9. The highest BCUT2D eigenvalue weighted by Crippen LogP contribution is 2.38. The van der Waals surface area contributed by atoms with Crippen LogP contribution in [0, 0.1) is 11.3 Å². The number of para-hydroxylation sites is 1. The minimum absolute atomic E-state index is 0.196. The Morgan fingerprint density at radius 2 is 2.05 bits per heavy atom. The molecule has 5 rings (SSSR count). The number of esters is 1. The number of allylic oxidation sites excluding steroid dienone is 1. The van der Waals surface area contributed by atoms with Gasteiger partial charge in [0.05, 0.1) is 35.6 Å². The van der Waals surface area contributed by atoms with Crippen LogP contribution in [0.25, 0.3) is 17.0 Å². The fourth-order valence-electron chi connectivity index (χ4n) is 5.07. The molecular formula is C30H27BrN4O4S. The second-order valence-corrected chi connectivity index (χ2v) is 11.1. The van der Waals surface area contributed by atoms with Gasteiger partial charge in [0.2, 0.25) is 0 Å². The van der Waals surface area contributed by atoms with Gasteiger partial charge in [-0.1, -0.05) is 58.8 Å². The monoisotopic (exact) mass is 618 g/mol. The summed E-state index contributed by atoms with van der Waals surface area (Å²) in [5, 5.41) is 10.2. The number of hydrogen-bond acceptors (Lipinski definition) is 7. The van der Waals surface area contributed by atoms with E-state index in [4.69, 9.17) is 14.5 Å². The first kappa shape index (κ1) is 27.6. The lowest BCUT2D eigenvalue weighted by molar-refractivity contribution is -0.139. The third kappa shape index (κ3) is 4.91. The van der Waals surface area contributed by atoms with E-state index < -0.39 is 12.0 Å². The molecule has 0 unspecified atom stereocenters. The van der Waals surface area contributed by atoms with Crippen LogP contribution in [0.1, 0.15) is 43.9 Å². The van der Waals surface area contributed by atoms with Crippen molar-refractivity contribution in [3.8, 4) is 11.8 Å². The lowest BCUT2D eigenvalue weighted by Gasteiger charge is -2.27. The van der Waals surface area contributed by atoms with Crippen LogP contribution >= 0.6 is 27.3 Å². The molecule has 204 valence electrons. The molecule has 0 saturated heterocycles. The first-order chi connectivity index (χ1) is 19.4. The second kappa shape index (κ2) is 11.7. The van der Waals surface area contributed by atoms with Crippen molar-refractivity contribution in [2.24, 2.45) is 4.99 Å². The number of methoxy groups -OCH3 is 1. The molecule has 0 bridgehead atoms. The Bertz CT molecular complexity index is 1880. The van der Waals surface area contributed by atoms with Gasteiger partial charge in [-0.15, -0.1) is 0 Å². The Morgan fingerprint density at radius 3 is 2.77 bits per heavy atom. The number of aromatic nitrogens is 2. The molecule has 0 fully saturated rings. The van der Waals surface area contributed by atoms with Crippen LogP contribution in [0.15, 0.2) is 74.2 Å². The highest BCUT2D eigenvalue weighted by molar-refractivity contribution is 9.10. The van der Waals surface area contributed by atoms with Crippen LogP contribution in [0.4, 0.5) is 0 Å². The summed E-state index contributed by atoms with van der Waals surface area (Å²) in [5.74, 6) is 0.0393. The number of carbonyl (C=O) groups excluding carboxylic acids is 1. The number of nitrogens with zero attached hydrogens (tertiary/aromatic N) is 4. The van der Waals surface area contributed by atoms with Crippen molar-refractivity contribution in [3.63, 3.8) is 0 Å². The van der Waals surface area contributed by atoms with Gasteiger partial charge in [0.25, 0.3) is 5.56 Å². The highest BCUT2D eigenvalue weighted by atomic mass is 79.9. The average molecular weight is 620 g/mol. The first-order valence-corrected chi connectivity index (χ1v) is 14.5. The van der Waals surface area contributed by atoms with Gasteiger partial charge in [0, 0.05) is 32.7 Å². The minimum atomic E-state index is -0.786. The molecule has 1 atom stereocenters. The zero-order valence-corrected chi connectivity index (χ0v) is 24.7. The molecule has 0 radical (unpaired) electrons. The molecule has 4 aromatic rings. The zero-order valence-electron chi connectivity index (χ0n) is 22.3. The Kier molecular flexibility index (Phi) is 8.05. The molecule has 2 aromatic carbocycles. The predicted molar refractivity (Wildman–Crippen MR) is 158 cm³/mol. The Hall–Kier alpha value is -3.94. The van der Waals surface area contributed by atoms with Crippen molar-refractivity contribution in [1.82, 2.24) is 9.13 Å². The van der Waals surface area contributed by atoms with E-state index in [1.165, 1.54) is 11.3 Å². The van der Waals surface area contributed by atoms with E-state index in [1.54, 1.807) is 18.6 Å². The SMILES string of the molecule is CCCC1=C(C(=O)OCC)[C@@H](c2cc(Br)ccc2OC)n2c(s/c(=C/c3cn(CC#N)c4ccccc34)c2=O)=N1. The summed E-state index contributed by atoms with van der Waals surface area (Å²) in [4.78, 5) is 32.9. The molecule has 0 amide bonds. The molecule has 10 heteroatoms. The summed E-state index contributed by atoms with van der Waals surface area (Å²) in [7, 11) is 1.56. The third-order valence-electron chi connectivity index (χ3n) is 6.73. The van der Waals surface area contributed by atoms with E-state index >= 15 is 0 Å². The lowest BCUT2D eigenvalue weighted by atomic mass is 9.93. The van der Waals surface area contributed by atoms with Crippen LogP contribution in [0.2, 0.25) is 0 Å². The van der Waals surface area contributed by atoms with Crippen molar-refractivity contribution < 1.29 is 14.3 Å². The highest BCUT2D eigenvalue weighted by Gasteiger charge is 2.36. The summed E-state index contributed by atoms with van der Waals surface area (Å²) in [5.41, 5.74) is 3.06. The largest absolute Gasteiger partial charge is 0.496 e. The number of benzene rings is 2. The molecule has 0 N–H and O–H groups in total. The van der Waals surface area contributed by atoms with E-state index in [-0.39, 0.29) is 18.7 Å². The van der Waals surface area contributed by atoms with E-state index in [9.17, 15) is 14.9 Å². The molecule has 40 heavy (non-hydrogen) atoms. The van der Waals surface area contributed by atoms with Crippen LogP contribution in [0.3, 0.4) is 0 Å². The van der Waals surface area contributed by atoms with Gasteiger partial charge in [-0.05, 0) is 43.7 Å². The van der Waals surface area contributed by atoms with Gasteiger partial charge in [0.15, 0.2) is 4.80 Å². The molecule has 3 heterocycles. The van der Waals surface area contributed by atoms with Gasteiger partial charge in [-0.2, -0.15) is 5.26 Å². The fraction of sp³-hybridized carbons (Fsp3) is 0.267.